The quantitative estimate of drug-likeness (QED) is 0.565. The first kappa shape index (κ1) is 11.9. The Labute approximate surface area is 103 Å². The van der Waals surface area contributed by atoms with Crippen LogP contribution in [0.3, 0.4) is 0 Å². The van der Waals surface area contributed by atoms with Crippen molar-refractivity contribution in [2.45, 2.75) is 39.2 Å². The third-order valence-corrected chi connectivity index (χ3v) is 2.93. The molecule has 1 aliphatic carbocycles. The van der Waals surface area contributed by atoms with Crippen molar-refractivity contribution in [3.63, 3.8) is 0 Å². The Balaban J connectivity index is 1.79. The minimum atomic E-state index is 0.547. The van der Waals surface area contributed by atoms with Crippen LogP contribution in [0, 0.1) is 6.92 Å². The second kappa shape index (κ2) is 6.24. The Morgan fingerprint density at radius 1 is 1.35 bits per heavy atom. The Hall–Kier alpha value is -1.57. The lowest BCUT2D eigenvalue weighted by molar-refractivity contribution is 0.132. The predicted octanol–water partition coefficient (Wildman–Crippen LogP) is 4.00. The molecule has 1 aliphatic rings. The van der Waals surface area contributed by atoms with Gasteiger partial charge in [-0.3, -0.25) is 0 Å². The topological polar surface area (TPSA) is 21.6 Å². The van der Waals surface area contributed by atoms with Gasteiger partial charge in [0, 0.05) is 0 Å². The van der Waals surface area contributed by atoms with Crippen LogP contribution in [0.2, 0.25) is 0 Å². The van der Waals surface area contributed by atoms with E-state index in [9.17, 15) is 0 Å². The van der Waals surface area contributed by atoms with Gasteiger partial charge >= 0.3 is 0 Å². The fourth-order valence-corrected chi connectivity index (χ4v) is 2.00. The van der Waals surface area contributed by atoms with Crippen molar-refractivity contribution in [3.05, 3.63) is 47.0 Å². The average molecular weight is 229 g/mol. The highest BCUT2D eigenvalue weighted by Gasteiger charge is 2.00. The molecular formula is C15H19NO. The van der Waals surface area contributed by atoms with Gasteiger partial charge in [-0.25, -0.2) is 0 Å². The van der Waals surface area contributed by atoms with E-state index in [0.29, 0.717) is 6.61 Å². The summed E-state index contributed by atoms with van der Waals surface area (Å²) in [6.45, 7) is 2.63. The number of hydrogen-bond donors (Lipinski definition) is 0. The lowest BCUT2D eigenvalue weighted by Gasteiger charge is -2.07. The van der Waals surface area contributed by atoms with E-state index < -0.39 is 0 Å². The molecule has 17 heavy (non-hydrogen) atoms. The van der Waals surface area contributed by atoms with Gasteiger partial charge in [-0.15, -0.1) is 0 Å². The van der Waals surface area contributed by atoms with Gasteiger partial charge in [0.25, 0.3) is 0 Å². The summed E-state index contributed by atoms with van der Waals surface area (Å²) in [5.41, 5.74) is 3.73. The molecular weight excluding hydrogens is 210 g/mol. The molecule has 90 valence electrons. The number of hydrogen-bond acceptors (Lipinski definition) is 2. The van der Waals surface area contributed by atoms with Crippen LogP contribution in [0.5, 0.6) is 0 Å². The van der Waals surface area contributed by atoms with E-state index in [-0.39, 0.29) is 0 Å². The van der Waals surface area contributed by atoms with Crippen molar-refractivity contribution in [2.24, 2.45) is 5.16 Å². The van der Waals surface area contributed by atoms with Crippen LogP contribution in [0.15, 0.2) is 41.1 Å². The van der Waals surface area contributed by atoms with E-state index in [1.165, 1.54) is 36.0 Å². The molecule has 0 bridgehead atoms. The number of nitrogens with zero attached hydrogens (tertiary/aromatic N) is 1. The molecule has 1 aromatic carbocycles. The Bertz CT molecular complexity index is 421. The van der Waals surface area contributed by atoms with Crippen LogP contribution >= 0.6 is 0 Å². The van der Waals surface area contributed by atoms with Crippen molar-refractivity contribution in [1.29, 1.82) is 0 Å². The summed E-state index contributed by atoms with van der Waals surface area (Å²) >= 11 is 0. The zero-order valence-electron chi connectivity index (χ0n) is 10.4. The van der Waals surface area contributed by atoms with E-state index in [4.69, 9.17) is 4.84 Å². The van der Waals surface area contributed by atoms with Crippen LogP contribution in [0.25, 0.3) is 0 Å². The molecule has 0 heterocycles. The lowest BCUT2D eigenvalue weighted by atomic mass is 10.0. The number of allylic oxidation sites excluding steroid dienone is 2. The van der Waals surface area contributed by atoms with Crippen molar-refractivity contribution in [1.82, 2.24) is 0 Å². The molecule has 2 nitrogen and oxygen atoms in total. The Kier molecular flexibility index (Phi) is 4.37. The zero-order chi connectivity index (χ0) is 11.9. The third-order valence-electron chi connectivity index (χ3n) is 2.93. The second-order valence-electron chi connectivity index (χ2n) is 4.52. The monoisotopic (exact) mass is 229 g/mol. The van der Waals surface area contributed by atoms with Crippen LogP contribution in [0.4, 0.5) is 0 Å². The predicted molar refractivity (Wildman–Crippen MR) is 71.0 cm³/mol. The van der Waals surface area contributed by atoms with Crippen LogP contribution in [-0.4, -0.2) is 6.21 Å². The minimum Gasteiger partial charge on any atom is -0.391 e. The van der Waals surface area contributed by atoms with E-state index in [2.05, 4.69) is 36.4 Å². The van der Waals surface area contributed by atoms with Crippen LogP contribution in [-0.2, 0) is 11.4 Å². The van der Waals surface area contributed by atoms with Crippen LogP contribution < -0.4 is 0 Å². The van der Waals surface area contributed by atoms with Crippen molar-refractivity contribution in [3.8, 4) is 0 Å². The Morgan fingerprint density at radius 3 is 3.06 bits per heavy atom. The highest BCUT2D eigenvalue weighted by atomic mass is 16.6. The molecule has 0 saturated carbocycles. The van der Waals surface area contributed by atoms with E-state index in [1.54, 1.807) is 0 Å². The van der Waals surface area contributed by atoms with Crippen molar-refractivity contribution in [2.75, 3.05) is 0 Å². The van der Waals surface area contributed by atoms with E-state index >= 15 is 0 Å². The second-order valence-corrected chi connectivity index (χ2v) is 4.52. The summed E-state index contributed by atoms with van der Waals surface area (Å²) in [7, 11) is 0. The standard InChI is InChI=1S/C15H19NO/c1-13-6-5-9-15(10-13)12-17-16-11-14-7-3-2-4-8-14/h5-7,9-11H,2-4,8,12H2,1H3. The van der Waals surface area contributed by atoms with Gasteiger partial charge < -0.3 is 4.84 Å². The molecule has 0 fully saturated rings. The van der Waals surface area contributed by atoms with Crippen LogP contribution in [0.1, 0.15) is 36.8 Å². The smallest absolute Gasteiger partial charge is 0.142 e. The number of aryl methyl sites for hydroxylation is 1. The minimum absolute atomic E-state index is 0.547. The highest BCUT2D eigenvalue weighted by molar-refractivity contribution is 5.78. The molecule has 0 radical (unpaired) electrons. The maximum Gasteiger partial charge on any atom is 0.142 e. The number of benzene rings is 1. The largest absolute Gasteiger partial charge is 0.391 e. The van der Waals surface area contributed by atoms with Gasteiger partial charge in [-0.2, -0.15) is 0 Å². The normalized spacial score (nSPS) is 15.9. The first-order chi connectivity index (χ1) is 8.34. The summed E-state index contributed by atoms with van der Waals surface area (Å²) in [5, 5.41) is 4.03. The molecule has 2 rings (SSSR count). The summed E-state index contributed by atoms with van der Waals surface area (Å²) in [4.78, 5) is 5.31. The number of rotatable bonds is 4. The van der Waals surface area contributed by atoms with E-state index in [1.807, 2.05) is 12.3 Å². The first-order valence-corrected chi connectivity index (χ1v) is 6.24. The molecule has 0 saturated heterocycles. The first-order valence-electron chi connectivity index (χ1n) is 6.24. The summed E-state index contributed by atoms with van der Waals surface area (Å²) in [6.07, 6.45) is 9.01. The summed E-state index contributed by atoms with van der Waals surface area (Å²) in [6, 6.07) is 8.30. The van der Waals surface area contributed by atoms with Gasteiger partial charge in [0.2, 0.25) is 0 Å². The molecule has 1 aromatic rings. The SMILES string of the molecule is Cc1cccc(CON=CC2=CCCCC2)c1. The molecule has 0 N–H and O–H groups in total. The van der Waals surface area contributed by atoms with Gasteiger partial charge in [-0.05, 0) is 43.7 Å². The van der Waals surface area contributed by atoms with Gasteiger partial charge in [0.05, 0.1) is 6.21 Å². The van der Waals surface area contributed by atoms with E-state index in [0.717, 1.165) is 6.42 Å². The fourth-order valence-electron chi connectivity index (χ4n) is 2.00. The molecule has 0 spiro atoms. The molecule has 0 amide bonds. The molecule has 0 aliphatic heterocycles. The zero-order valence-corrected chi connectivity index (χ0v) is 10.4. The fraction of sp³-hybridized carbons (Fsp3) is 0.400. The third kappa shape index (κ3) is 4.06. The van der Waals surface area contributed by atoms with Crippen molar-refractivity contribution < 1.29 is 4.84 Å². The average Bonchev–Trinajstić information content (AvgIpc) is 2.36. The summed E-state index contributed by atoms with van der Waals surface area (Å²) in [5.74, 6) is 0. The van der Waals surface area contributed by atoms with Gasteiger partial charge in [0.1, 0.15) is 6.61 Å². The molecule has 0 aromatic heterocycles. The lowest BCUT2D eigenvalue weighted by Crippen LogP contribution is -1.94. The van der Waals surface area contributed by atoms with Gasteiger partial charge in [-0.1, -0.05) is 41.1 Å². The Morgan fingerprint density at radius 2 is 2.29 bits per heavy atom. The number of oxime groups is 1. The van der Waals surface area contributed by atoms with Gasteiger partial charge in [0.15, 0.2) is 0 Å². The highest BCUT2D eigenvalue weighted by Crippen LogP contribution is 2.15. The summed E-state index contributed by atoms with van der Waals surface area (Å²) < 4.78 is 0. The molecule has 0 atom stereocenters. The molecule has 0 unspecified atom stereocenters. The molecule has 2 heteroatoms. The maximum absolute atomic E-state index is 5.31. The maximum atomic E-state index is 5.31. The van der Waals surface area contributed by atoms with Crippen molar-refractivity contribution >= 4 is 6.21 Å².